The molecule has 0 saturated carbocycles. The Morgan fingerprint density at radius 3 is 2.77 bits per heavy atom. The molecule has 0 bridgehead atoms. The van der Waals surface area contributed by atoms with Crippen molar-refractivity contribution in [3.63, 3.8) is 0 Å². The zero-order valence-electron chi connectivity index (χ0n) is 8.31. The van der Waals surface area contributed by atoms with E-state index in [4.69, 9.17) is 11.6 Å². The van der Waals surface area contributed by atoms with Crippen molar-refractivity contribution < 1.29 is 4.79 Å². The van der Waals surface area contributed by atoms with Gasteiger partial charge in [0, 0.05) is 6.54 Å². The summed E-state index contributed by atoms with van der Waals surface area (Å²) in [5.74, 6) is 2.02. The maximum Gasteiger partial charge on any atom is 0.238 e. The summed E-state index contributed by atoms with van der Waals surface area (Å²) in [7, 11) is 0. The molecule has 1 amide bonds. The number of carbonyl (C=O) groups excluding carboxylic acids is 1. The SMILES string of the molecule is CCCNC(=O)C(Cl)CCSCC. The highest BCUT2D eigenvalue weighted by Crippen LogP contribution is 2.08. The Morgan fingerprint density at radius 1 is 1.54 bits per heavy atom. The molecule has 0 radical (unpaired) electrons. The van der Waals surface area contributed by atoms with Crippen molar-refractivity contribution >= 4 is 29.3 Å². The molecule has 0 fully saturated rings. The maximum absolute atomic E-state index is 11.2. The van der Waals surface area contributed by atoms with Crippen molar-refractivity contribution in [1.29, 1.82) is 0 Å². The van der Waals surface area contributed by atoms with E-state index in [1.165, 1.54) is 0 Å². The average Bonchev–Trinajstić information content (AvgIpc) is 2.14. The van der Waals surface area contributed by atoms with Crippen LogP contribution in [0, 0.1) is 0 Å². The van der Waals surface area contributed by atoms with E-state index in [2.05, 4.69) is 12.2 Å². The van der Waals surface area contributed by atoms with Gasteiger partial charge in [0.25, 0.3) is 0 Å². The van der Waals surface area contributed by atoms with Gasteiger partial charge < -0.3 is 5.32 Å². The zero-order chi connectivity index (χ0) is 10.1. The van der Waals surface area contributed by atoms with Crippen molar-refractivity contribution in [3.05, 3.63) is 0 Å². The Labute approximate surface area is 89.8 Å². The molecule has 2 nitrogen and oxygen atoms in total. The predicted molar refractivity (Wildman–Crippen MR) is 60.6 cm³/mol. The molecule has 0 spiro atoms. The fourth-order valence-electron chi connectivity index (χ4n) is 0.821. The molecule has 0 saturated heterocycles. The van der Waals surface area contributed by atoms with E-state index in [9.17, 15) is 4.79 Å². The average molecular weight is 224 g/mol. The molecule has 0 heterocycles. The van der Waals surface area contributed by atoms with Crippen molar-refractivity contribution in [1.82, 2.24) is 5.32 Å². The molecule has 0 aromatic rings. The third kappa shape index (κ3) is 7.20. The van der Waals surface area contributed by atoms with Gasteiger partial charge in [0.15, 0.2) is 0 Å². The number of halogens is 1. The lowest BCUT2D eigenvalue weighted by atomic mass is 10.3. The van der Waals surface area contributed by atoms with Gasteiger partial charge in [-0.25, -0.2) is 0 Å². The number of thioether (sulfide) groups is 1. The molecule has 1 unspecified atom stereocenters. The minimum absolute atomic E-state index is 0.0276. The van der Waals surface area contributed by atoms with Crippen LogP contribution in [-0.2, 0) is 4.79 Å². The standard InChI is InChI=1S/C9H18ClNOS/c1-3-6-11-9(12)8(10)5-7-13-4-2/h8H,3-7H2,1-2H3,(H,11,12). The van der Waals surface area contributed by atoms with Gasteiger partial charge >= 0.3 is 0 Å². The summed E-state index contributed by atoms with van der Waals surface area (Å²) < 4.78 is 0. The Hall–Kier alpha value is 0.110. The third-order valence-electron chi connectivity index (χ3n) is 1.55. The molecule has 0 aliphatic heterocycles. The molecular formula is C9H18ClNOS. The summed E-state index contributed by atoms with van der Waals surface area (Å²) in [5, 5.41) is 2.42. The van der Waals surface area contributed by atoms with Crippen molar-refractivity contribution in [2.75, 3.05) is 18.1 Å². The number of hydrogen-bond acceptors (Lipinski definition) is 2. The van der Waals surface area contributed by atoms with Gasteiger partial charge in [-0.1, -0.05) is 13.8 Å². The molecule has 4 heteroatoms. The minimum atomic E-state index is -0.356. The number of carbonyl (C=O) groups is 1. The lowest BCUT2D eigenvalue weighted by Gasteiger charge is -2.08. The monoisotopic (exact) mass is 223 g/mol. The van der Waals surface area contributed by atoms with Crippen LogP contribution in [0.25, 0.3) is 0 Å². The number of amides is 1. The van der Waals surface area contributed by atoms with E-state index in [1.807, 2.05) is 18.7 Å². The zero-order valence-corrected chi connectivity index (χ0v) is 9.88. The van der Waals surface area contributed by atoms with E-state index in [-0.39, 0.29) is 11.3 Å². The van der Waals surface area contributed by atoms with Crippen LogP contribution in [0.2, 0.25) is 0 Å². The summed E-state index contributed by atoms with van der Waals surface area (Å²) in [6.07, 6.45) is 1.72. The Bertz CT molecular complexity index is 144. The van der Waals surface area contributed by atoms with Crippen LogP contribution in [-0.4, -0.2) is 29.3 Å². The van der Waals surface area contributed by atoms with Crippen molar-refractivity contribution in [2.45, 2.75) is 32.1 Å². The number of hydrogen-bond donors (Lipinski definition) is 1. The van der Waals surface area contributed by atoms with Gasteiger partial charge in [-0.3, -0.25) is 4.79 Å². The van der Waals surface area contributed by atoms with Crippen LogP contribution in [0.15, 0.2) is 0 Å². The van der Waals surface area contributed by atoms with E-state index < -0.39 is 0 Å². The normalized spacial score (nSPS) is 12.5. The first-order valence-corrected chi connectivity index (χ1v) is 6.31. The number of nitrogens with one attached hydrogen (secondary N) is 1. The highest BCUT2D eigenvalue weighted by atomic mass is 35.5. The minimum Gasteiger partial charge on any atom is -0.355 e. The summed E-state index contributed by atoms with van der Waals surface area (Å²) >= 11 is 7.69. The largest absolute Gasteiger partial charge is 0.355 e. The van der Waals surface area contributed by atoms with Gasteiger partial charge in [0.05, 0.1) is 0 Å². The summed E-state index contributed by atoms with van der Waals surface area (Å²) in [6, 6.07) is 0. The second kappa shape index (κ2) is 8.70. The van der Waals surface area contributed by atoms with Crippen LogP contribution < -0.4 is 5.32 Å². The second-order valence-electron chi connectivity index (χ2n) is 2.74. The molecule has 0 aromatic carbocycles. The first kappa shape index (κ1) is 13.1. The highest BCUT2D eigenvalue weighted by Gasteiger charge is 2.13. The maximum atomic E-state index is 11.2. The van der Waals surface area contributed by atoms with Crippen molar-refractivity contribution in [3.8, 4) is 0 Å². The quantitative estimate of drug-likeness (QED) is 0.530. The van der Waals surface area contributed by atoms with Crippen LogP contribution >= 0.6 is 23.4 Å². The molecular weight excluding hydrogens is 206 g/mol. The van der Waals surface area contributed by atoms with Gasteiger partial charge in [0.2, 0.25) is 5.91 Å². The fourth-order valence-corrected chi connectivity index (χ4v) is 1.83. The lowest BCUT2D eigenvalue weighted by Crippen LogP contribution is -2.32. The first-order chi connectivity index (χ1) is 6.22. The second-order valence-corrected chi connectivity index (χ2v) is 4.66. The molecule has 1 atom stereocenters. The Balaban J connectivity index is 3.45. The predicted octanol–water partition coefficient (Wildman–Crippen LogP) is 2.26. The summed E-state index contributed by atoms with van der Waals surface area (Å²) in [6.45, 7) is 4.85. The van der Waals surface area contributed by atoms with Gasteiger partial charge in [0.1, 0.15) is 5.38 Å². The van der Waals surface area contributed by atoms with Gasteiger partial charge in [-0.15, -0.1) is 11.6 Å². The van der Waals surface area contributed by atoms with Gasteiger partial charge in [-0.05, 0) is 24.3 Å². The molecule has 78 valence electrons. The van der Waals surface area contributed by atoms with E-state index in [1.54, 1.807) is 0 Å². The third-order valence-corrected chi connectivity index (χ3v) is 2.90. The molecule has 0 aliphatic carbocycles. The van der Waals surface area contributed by atoms with E-state index in [0.29, 0.717) is 0 Å². The lowest BCUT2D eigenvalue weighted by molar-refractivity contribution is -0.120. The smallest absolute Gasteiger partial charge is 0.238 e. The molecule has 0 rings (SSSR count). The highest BCUT2D eigenvalue weighted by molar-refractivity contribution is 7.99. The van der Waals surface area contributed by atoms with Crippen molar-refractivity contribution in [2.24, 2.45) is 0 Å². The van der Waals surface area contributed by atoms with Gasteiger partial charge in [-0.2, -0.15) is 11.8 Å². The van der Waals surface area contributed by atoms with Crippen LogP contribution in [0.4, 0.5) is 0 Å². The summed E-state index contributed by atoms with van der Waals surface area (Å²) in [5.41, 5.74) is 0. The molecule has 13 heavy (non-hydrogen) atoms. The Morgan fingerprint density at radius 2 is 2.23 bits per heavy atom. The molecule has 0 aromatic heterocycles. The topological polar surface area (TPSA) is 29.1 Å². The molecule has 1 N–H and O–H groups in total. The fraction of sp³-hybridized carbons (Fsp3) is 0.889. The van der Waals surface area contributed by atoms with Crippen LogP contribution in [0.5, 0.6) is 0 Å². The molecule has 0 aliphatic rings. The summed E-state index contributed by atoms with van der Waals surface area (Å²) in [4.78, 5) is 11.2. The van der Waals surface area contributed by atoms with Crippen LogP contribution in [0.3, 0.4) is 0 Å². The number of rotatable bonds is 7. The van der Waals surface area contributed by atoms with Crippen LogP contribution in [0.1, 0.15) is 26.7 Å². The van der Waals surface area contributed by atoms with E-state index >= 15 is 0 Å². The number of alkyl halides is 1. The first-order valence-electron chi connectivity index (χ1n) is 4.71. The van der Waals surface area contributed by atoms with E-state index in [0.717, 1.165) is 30.9 Å². The Kier molecular flexibility index (Phi) is 8.77.